The second kappa shape index (κ2) is 9.18. The third kappa shape index (κ3) is 5.60. The van der Waals surface area contributed by atoms with Crippen molar-refractivity contribution in [2.45, 2.75) is 33.1 Å². The van der Waals surface area contributed by atoms with Crippen LogP contribution in [-0.2, 0) is 14.3 Å². The molecule has 0 bridgehead atoms. The highest BCUT2D eigenvalue weighted by Gasteiger charge is 2.26. The maximum absolute atomic E-state index is 12.1. The van der Waals surface area contributed by atoms with Crippen molar-refractivity contribution in [3.63, 3.8) is 0 Å². The predicted molar refractivity (Wildman–Crippen MR) is 97.9 cm³/mol. The number of anilines is 1. The molecule has 0 aromatic heterocycles. The molecule has 1 N–H and O–H groups in total. The summed E-state index contributed by atoms with van der Waals surface area (Å²) in [6, 6.07) is 5.76. The lowest BCUT2D eigenvalue weighted by atomic mass is 9.98. The van der Waals surface area contributed by atoms with Crippen LogP contribution in [0.4, 0.5) is 5.69 Å². The highest BCUT2D eigenvalue weighted by atomic mass is 79.9. The van der Waals surface area contributed by atoms with Crippen LogP contribution in [0.25, 0.3) is 0 Å². The molecule has 0 radical (unpaired) electrons. The highest BCUT2D eigenvalue weighted by molar-refractivity contribution is 9.10. The molecule has 1 atom stereocenters. The van der Waals surface area contributed by atoms with E-state index in [1.165, 1.54) is 0 Å². The van der Waals surface area contributed by atoms with Crippen molar-refractivity contribution in [1.29, 1.82) is 0 Å². The molecule has 1 saturated heterocycles. The van der Waals surface area contributed by atoms with Gasteiger partial charge in [-0.25, -0.2) is 0 Å². The summed E-state index contributed by atoms with van der Waals surface area (Å²) in [6.45, 7) is 6.52. The number of nitrogens with one attached hydrogen (secondary N) is 1. The van der Waals surface area contributed by atoms with Gasteiger partial charge in [-0.1, -0.05) is 15.9 Å². The minimum Gasteiger partial charge on any atom is -0.466 e. The molecule has 5 nitrogen and oxygen atoms in total. The molecule has 24 heavy (non-hydrogen) atoms. The maximum Gasteiger partial charge on any atom is 0.310 e. The van der Waals surface area contributed by atoms with E-state index in [2.05, 4.69) is 26.1 Å². The zero-order chi connectivity index (χ0) is 17.5. The molecule has 1 aromatic carbocycles. The molecule has 0 unspecified atom stereocenters. The lowest BCUT2D eigenvalue weighted by Crippen LogP contribution is -2.40. The number of nitrogens with zero attached hydrogens (tertiary/aromatic N) is 1. The summed E-state index contributed by atoms with van der Waals surface area (Å²) in [6.07, 6.45) is 2.27. The number of piperidine rings is 1. The van der Waals surface area contributed by atoms with Gasteiger partial charge in [-0.15, -0.1) is 0 Å². The Morgan fingerprint density at radius 3 is 2.92 bits per heavy atom. The Bertz CT molecular complexity index is 592. The van der Waals surface area contributed by atoms with Crippen LogP contribution in [0.3, 0.4) is 0 Å². The van der Waals surface area contributed by atoms with Crippen LogP contribution >= 0.6 is 15.9 Å². The van der Waals surface area contributed by atoms with Gasteiger partial charge in [0.2, 0.25) is 5.91 Å². The number of hydrogen-bond donors (Lipinski definition) is 1. The zero-order valence-electron chi connectivity index (χ0n) is 14.3. The monoisotopic (exact) mass is 396 g/mol. The topological polar surface area (TPSA) is 58.6 Å². The Kier molecular flexibility index (Phi) is 7.24. The molecule has 1 fully saturated rings. The van der Waals surface area contributed by atoms with Gasteiger partial charge in [0.25, 0.3) is 0 Å². The first-order valence-corrected chi connectivity index (χ1v) is 9.24. The van der Waals surface area contributed by atoms with Gasteiger partial charge in [-0.2, -0.15) is 0 Å². The molecule has 0 aliphatic carbocycles. The number of carbonyl (C=O) groups excluding carboxylic acids is 2. The smallest absolute Gasteiger partial charge is 0.310 e. The predicted octanol–water partition coefficient (Wildman–Crippen LogP) is 3.36. The van der Waals surface area contributed by atoms with Crippen molar-refractivity contribution in [1.82, 2.24) is 4.90 Å². The summed E-state index contributed by atoms with van der Waals surface area (Å²) in [5.74, 6) is -0.178. The third-order valence-electron chi connectivity index (χ3n) is 4.22. The van der Waals surface area contributed by atoms with Crippen LogP contribution in [0.2, 0.25) is 0 Å². The molecule has 0 saturated carbocycles. The van der Waals surface area contributed by atoms with Crippen molar-refractivity contribution in [3.8, 4) is 0 Å². The van der Waals surface area contributed by atoms with E-state index in [4.69, 9.17) is 4.74 Å². The molecule has 1 aliphatic heterocycles. The number of amides is 1. The average Bonchev–Trinajstić information content (AvgIpc) is 2.57. The van der Waals surface area contributed by atoms with Crippen molar-refractivity contribution in [2.24, 2.45) is 5.92 Å². The summed E-state index contributed by atoms with van der Waals surface area (Å²) in [4.78, 5) is 26.2. The quantitative estimate of drug-likeness (QED) is 0.748. The van der Waals surface area contributed by atoms with E-state index in [9.17, 15) is 9.59 Å². The van der Waals surface area contributed by atoms with Crippen molar-refractivity contribution >= 4 is 33.5 Å². The van der Waals surface area contributed by atoms with E-state index >= 15 is 0 Å². The Labute approximate surface area is 151 Å². The van der Waals surface area contributed by atoms with Gasteiger partial charge in [0, 0.05) is 29.7 Å². The number of benzene rings is 1. The number of aryl methyl sites for hydroxylation is 1. The first-order chi connectivity index (χ1) is 11.5. The molecule has 0 spiro atoms. The van der Waals surface area contributed by atoms with Crippen molar-refractivity contribution in [2.75, 3.05) is 31.6 Å². The van der Waals surface area contributed by atoms with Crippen LogP contribution in [0.15, 0.2) is 22.7 Å². The van der Waals surface area contributed by atoms with Crippen LogP contribution in [0.5, 0.6) is 0 Å². The van der Waals surface area contributed by atoms with Gasteiger partial charge in [-0.05, 0) is 57.0 Å². The fourth-order valence-corrected chi connectivity index (χ4v) is 3.16. The van der Waals surface area contributed by atoms with Crippen LogP contribution in [0.1, 0.15) is 31.7 Å². The van der Waals surface area contributed by atoms with Gasteiger partial charge < -0.3 is 15.0 Å². The lowest BCUT2D eigenvalue weighted by molar-refractivity contribution is -0.149. The van der Waals surface area contributed by atoms with Crippen molar-refractivity contribution in [3.05, 3.63) is 28.2 Å². The standard InChI is InChI=1S/C18H25BrN2O3/c1-3-24-18(23)14-5-4-9-21(12-14)10-8-17(22)20-15-6-7-16(19)13(2)11-15/h6-7,11,14H,3-5,8-10,12H2,1-2H3,(H,20,22)/t14-/m0/s1. The van der Waals surface area contributed by atoms with Crippen LogP contribution in [0, 0.1) is 12.8 Å². The second-order valence-electron chi connectivity index (χ2n) is 6.15. The fraction of sp³-hybridized carbons (Fsp3) is 0.556. The third-order valence-corrected chi connectivity index (χ3v) is 5.11. The fourth-order valence-electron chi connectivity index (χ4n) is 2.92. The maximum atomic E-state index is 12.1. The second-order valence-corrected chi connectivity index (χ2v) is 7.01. The Morgan fingerprint density at radius 2 is 2.21 bits per heavy atom. The van der Waals surface area contributed by atoms with E-state index in [1.54, 1.807) is 0 Å². The number of likely N-dealkylation sites (tertiary alicyclic amines) is 1. The van der Waals surface area contributed by atoms with E-state index in [0.29, 0.717) is 26.1 Å². The molecule has 1 aromatic rings. The normalized spacial score (nSPS) is 18.2. The molecule has 1 amide bonds. The molecule has 6 heteroatoms. The minimum absolute atomic E-state index is 0.00465. The lowest BCUT2D eigenvalue weighted by Gasteiger charge is -2.31. The molecular formula is C18H25BrN2O3. The number of halogens is 1. The number of rotatable bonds is 6. The number of ether oxygens (including phenoxy) is 1. The number of carbonyl (C=O) groups is 2. The van der Waals surface area contributed by atoms with Crippen LogP contribution < -0.4 is 5.32 Å². The highest BCUT2D eigenvalue weighted by Crippen LogP contribution is 2.21. The largest absolute Gasteiger partial charge is 0.466 e. The van der Waals surface area contributed by atoms with Gasteiger partial charge in [0.05, 0.1) is 12.5 Å². The summed E-state index contributed by atoms with van der Waals surface area (Å²) in [5.41, 5.74) is 1.89. The minimum atomic E-state index is -0.114. The first-order valence-electron chi connectivity index (χ1n) is 8.44. The van der Waals surface area contributed by atoms with Gasteiger partial charge in [-0.3, -0.25) is 9.59 Å². The molecule has 132 valence electrons. The summed E-state index contributed by atoms with van der Waals surface area (Å²) in [7, 11) is 0. The van der Waals surface area contributed by atoms with E-state index in [-0.39, 0.29) is 17.8 Å². The molecular weight excluding hydrogens is 372 g/mol. The average molecular weight is 397 g/mol. The Balaban J connectivity index is 1.78. The van der Waals surface area contributed by atoms with E-state index < -0.39 is 0 Å². The number of hydrogen-bond acceptors (Lipinski definition) is 4. The van der Waals surface area contributed by atoms with Gasteiger partial charge in [0.15, 0.2) is 0 Å². The van der Waals surface area contributed by atoms with Gasteiger partial charge >= 0.3 is 5.97 Å². The summed E-state index contributed by atoms with van der Waals surface area (Å²) < 4.78 is 6.13. The van der Waals surface area contributed by atoms with Gasteiger partial charge in [0.1, 0.15) is 0 Å². The molecule has 1 aliphatic rings. The van der Waals surface area contributed by atoms with E-state index in [0.717, 1.165) is 35.1 Å². The first kappa shape index (κ1) is 18.9. The zero-order valence-corrected chi connectivity index (χ0v) is 15.9. The molecule has 1 heterocycles. The van der Waals surface area contributed by atoms with E-state index in [1.807, 2.05) is 32.0 Å². The SMILES string of the molecule is CCOC(=O)[C@H]1CCCN(CCC(=O)Nc2ccc(Br)c(C)c2)C1. The van der Waals surface area contributed by atoms with Crippen molar-refractivity contribution < 1.29 is 14.3 Å². The Hall–Kier alpha value is -1.40. The number of esters is 1. The summed E-state index contributed by atoms with van der Waals surface area (Å²) in [5, 5.41) is 2.93. The summed E-state index contributed by atoms with van der Waals surface area (Å²) >= 11 is 3.45. The van der Waals surface area contributed by atoms with Crippen LogP contribution in [-0.4, -0.2) is 43.0 Å². The molecule has 2 rings (SSSR count). The Morgan fingerprint density at radius 1 is 1.42 bits per heavy atom.